The molecule has 2 aromatic rings. The maximum absolute atomic E-state index is 12.6. The lowest BCUT2D eigenvalue weighted by Crippen LogP contribution is -2.28. The van der Waals surface area contributed by atoms with Crippen LogP contribution in [-0.2, 0) is 11.3 Å². The molecule has 1 unspecified atom stereocenters. The highest BCUT2D eigenvalue weighted by Crippen LogP contribution is 2.48. The van der Waals surface area contributed by atoms with E-state index in [-0.39, 0.29) is 23.6 Å². The molecule has 1 aliphatic heterocycles. The van der Waals surface area contributed by atoms with E-state index in [1.807, 2.05) is 19.1 Å². The first-order valence-electron chi connectivity index (χ1n) is 8.70. The molecule has 0 saturated carbocycles. The van der Waals surface area contributed by atoms with Crippen molar-refractivity contribution in [3.05, 3.63) is 53.1 Å². The van der Waals surface area contributed by atoms with E-state index in [1.165, 1.54) is 36.0 Å². The van der Waals surface area contributed by atoms with E-state index in [0.717, 1.165) is 11.1 Å². The lowest BCUT2D eigenvalue weighted by Gasteiger charge is -2.27. The van der Waals surface area contributed by atoms with Crippen molar-refractivity contribution < 1.29 is 32.2 Å². The number of carbonyl (C=O) groups excluding carboxylic acids is 1. The first-order chi connectivity index (χ1) is 13.7. The highest BCUT2D eigenvalue weighted by atomic mass is 32.2. The molecule has 156 valence electrons. The molecule has 3 rings (SSSR count). The Hall–Kier alpha value is -2.55. The van der Waals surface area contributed by atoms with Gasteiger partial charge in [-0.1, -0.05) is 18.2 Å². The van der Waals surface area contributed by atoms with Gasteiger partial charge >= 0.3 is 6.36 Å². The average Bonchev–Trinajstić information content (AvgIpc) is 3.02. The summed E-state index contributed by atoms with van der Waals surface area (Å²) in [5, 5.41) is -0.335. The van der Waals surface area contributed by atoms with Crippen molar-refractivity contribution in [3.63, 3.8) is 0 Å². The predicted octanol–water partition coefficient (Wildman–Crippen LogP) is 4.69. The van der Waals surface area contributed by atoms with Crippen molar-refractivity contribution in [1.82, 2.24) is 4.90 Å². The summed E-state index contributed by atoms with van der Waals surface area (Å²) in [4.78, 5) is 14.2. The summed E-state index contributed by atoms with van der Waals surface area (Å²) in [6, 6.07) is 9.21. The number of amides is 1. The van der Waals surface area contributed by atoms with Crippen molar-refractivity contribution in [2.24, 2.45) is 0 Å². The molecule has 0 aliphatic carbocycles. The third-order valence-electron chi connectivity index (χ3n) is 4.50. The summed E-state index contributed by atoms with van der Waals surface area (Å²) >= 11 is 1.45. The molecule has 0 N–H and O–H groups in total. The Bertz CT molecular complexity index is 887. The molecule has 0 spiro atoms. The number of nitrogens with zero attached hydrogens (tertiary/aromatic N) is 1. The Balaban J connectivity index is 1.88. The highest BCUT2D eigenvalue weighted by molar-refractivity contribution is 8.00. The molecule has 1 aliphatic rings. The predicted molar refractivity (Wildman–Crippen MR) is 103 cm³/mol. The Morgan fingerprint density at radius 1 is 1.10 bits per heavy atom. The number of hydrogen-bond acceptors (Lipinski definition) is 5. The van der Waals surface area contributed by atoms with Crippen molar-refractivity contribution >= 4 is 17.7 Å². The number of hydrogen-bond donors (Lipinski definition) is 0. The summed E-state index contributed by atoms with van der Waals surface area (Å²) in [6.45, 7) is 2.15. The van der Waals surface area contributed by atoms with Crippen LogP contribution in [0.1, 0.15) is 22.1 Å². The molecule has 1 amide bonds. The molecule has 2 aromatic carbocycles. The minimum atomic E-state index is -4.74. The minimum absolute atomic E-state index is 0.0683. The molecule has 1 saturated heterocycles. The fourth-order valence-electron chi connectivity index (χ4n) is 3.23. The van der Waals surface area contributed by atoms with Gasteiger partial charge in [-0.15, -0.1) is 24.9 Å². The van der Waals surface area contributed by atoms with E-state index < -0.39 is 6.36 Å². The lowest BCUT2D eigenvalue weighted by molar-refractivity contribution is -0.274. The van der Waals surface area contributed by atoms with Crippen LogP contribution in [0.25, 0.3) is 0 Å². The zero-order chi connectivity index (χ0) is 21.2. The number of halogens is 3. The van der Waals surface area contributed by atoms with Crippen LogP contribution in [0.15, 0.2) is 36.4 Å². The number of alkyl halides is 3. The van der Waals surface area contributed by atoms with E-state index in [1.54, 1.807) is 19.1 Å². The van der Waals surface area contributed by atoms with Gasteiger partial charge in [0, 0.05) is 6.54 Å². The molecule has 1 heterocycles. The molecule has 9 heteroatoms. The van der Waals surface area contributed by atoms with Gasteiger partial charge in [0.1, 0.15) is 22.6 Å². The smallest absolute Gasteiger partial charge is 0.496 e. The zero-order valence-corrected chi connectivity index (χ0v) is 16.9. The van der Waals surface area contributed by atoms with E-state index in [4.69, 9.17) is 9.47 Å². The van der Waals surface area contributed by atoms with Crippen LogP contribution < -0.4 is 14.2 Å². The molecule has 0 aromatic heterocycles. The van der Waals surface area contributed by atoms with E-state index in [0.29, 0.717) is 22.8 Å². The van der Waals surface area contributed by atoms with Crippen LogP contribution in [-0.4, -0.2) is 37.1 Å². The monoisotopic (exact) mass is 427 g/mol. The van der Waals surface area contributed by atoms with Gasteiger partial charge in [-0.3, -0.25) is 4.79 Å². The van der Waals surface area contributed by atoms with E-state index in [9.17, 15) is 18.0 Å². The highest BCUT2D eigenvalue weighted by Gasteiger charge is 2.37. The second-order valence-corrected chi connectivity index (χ2v) is 7.48. The first kappa shape index (κ1) is 21.2. The lowest BCUT2D eigenvalue weighted by atomic mass is 10.1. The third-order valence-corrected chi connectivity index (χ3v) is 5.72. The Kier molecular flexibility index (Phi) is 6.16. The maximum atomic E-state index is 12.6. The third kappa shape index (κ3) is 4.72. The Labute approximate surface area is 170 Å². The van der Waals surface area contributed by atoms with Gasteiger partial charge in [0.05, 0.1) is 25.5 Å². The van der Waals surface area contributed by atoms with Crippen LogP contribution in [0.5, 0.6) is 17.2 Å². The Morgan fingerprint density at radius 2 is 1.79 bits per heavy atom. The minimum Gasteiger partial charge on any atom is -0.496 e. The number of aryl methyl sites for hydroxylation is 1. The molecule has 29 heavy (non-hydrogen) atoms. The normalized spacial score (nSPS) is 16.8. The number of ether oxygens (including phenoxy) is 3. The quantitative estimate of drug-likeness (QED) is 0.670. The van der Waals surface area contributed by atoms with Gasteiger partial charge in [0.25, 0.3) is 0 Å². The van der Waals surface area contributed by atoms with Gasteiger partial charge in [-0.05, 0) is 36.2 Å². The number of rotatable bonds is 6. The van der Waals surface area contributed by atoms with Crippen LogP contribution in [0, 0.1) is 6.92 Å². The van der Waals surface area contributed by atoms with Crippen molar-refractivity contribution in [3.8, 4) is 17.2 Å². The fraction of sp³-hybridized carbons (Fsp3) is 0.350. The SMILES string of the molecule is COc1ccc(C)c(OC)c1C1SCC(=O)N1Cc1ccc(OC(F)(F)F)cc1. The summed E-state index contributed by atoms with van der Waals surface area (Å²) < 4.78 is 52.0. The van der Waals surface area contributed by atoms with Crippen LogP contribution in [0.3, 0.4) is 0 Å². The summed E-state index contributed by atoms with van der Waals surface area (Å²) in [5.74, 6) is 1.18. The molecule has 5 nitrogen and oxygen atoms in total. The molecule has 0 bridgehead atoms. The number of carbonyl (C=O) groups is 1. The molecular weight excluding hydrogens is 407 g/mol. The first-order valence-corrected chi connectivity index (χ1v) is 9.75. The van der Waals surface area contributed by atoms with Crippen LogP contribution >= 0.6 is 11.8 Å². The number of benzene rings is 2. The number of methoxy groups -OCH3 is 2. The van der Waals surface area contributed by atoms with Crippen molar-refractivity contribution in [2.75, 3.05) is 20.0 Å². The summed E-state index contributed by atoms with van der Waals surface area (Å²) in [5.41, 5.74) is 2.37. The van der Waals surface area contributed by atoms with Crippen molar-refractivity contribution in [1.29, 1.82) is 0 Å². The second-order valence-electron chi connectivity index (χ2n) is 6.41. The Morgan fingerprint density at radius 3 is 2.38 bits per heavy atom. The van der Waals surface area contributed by atoms with Crippen LogP contribution in [0.4, 0.5) is 13.2 Å². The van der Waals surface area contributed by atoms with Crippen molar-refractivity contribution in [2.45, 2.75) is 25.2 Å². The molecule has 1 fully saturated rings. The summed E-state index contributed by atoms with van der Waals surface area (Å²) in [6.07, 6.45) is -4.74. The summed E-state index contributed by atoms with van der Waals surface area (Å²) in [7, 11) is 3.12. The standard InChI is InChI=1S/C20H20F3NO4S/c1-12-4-9-15(26-2)17(18(12)27-3)19-24(16(25)11-29-19)10-13-5-7-14(8-6-13)28-20(21,22)23/h4-9,19H,10-11H2,1-3H3. The zero-order valence-electron chi connectivity index (χ0n) is 16.1. The van der Waals surface area contributed by atoms with E-state index >= 15 is 0 Å². The van der Waals surface area contributed by atoms with Gasteiger partial charge in [-0.2, -0.15) is 0 Å². The van der Waals surface area contributed by atoms with Gasteiger partial charge in [0.15, 0.2) is 0 Å². The maximum Gasteiger partial charge on any atom is 0.573 e. The van der Waals surface area contributed by atoms with Gasteiger partial charge in [0.2, 0.25) is 5.91 Å². The second kappa shape index (κ2) is 8.44. The molecular formula is C20H20F3NO4S. The topological polar surface area (TPSA) is 48.0 Å². The average molecular weight is 427 g/mol. The van der Waals surface area contributed by atoms with Crippen LogP contribution in [0.2, 0.25) is 0 Å². The fourth-order valence-corrected chi connectivity index (χ4v) is 4.46. The molecule has 1 atom stereocenters. The van der Waals surface area contributed by atoms with Gasteiger partial charge < -0.3 is 19.1 Å². The largest absolute Gasteiger partial charge is 0.573 e. The number of thioether (sulfide) groups is 1. The van der Waals surface area contributed by atoms with E-state index in [2.05, 4.69) is 4.74 Å². The van der Waals surface area contributed by atoms with Gasteiger partial charge in [-0.25, -0.2) is 0 Å². The molecule has 0 radical (unpaired) electrons.